The molecule has 0 heterocycles. The minimum Gasteiger partial charge on any atom is -0.409 e. The Kier molecular flexibility index (Phi) is 3.40. The average molecular weight is 226 g/mol. The molecule has 3 nitrogen and oxygen atoms in total. The molecular formula is C14H14N2O. The van der Waals surface area contributed by atoms with Gasteiger partial charge in [0, 0.05) is 18.3 Å². The first-order chi connectivity index (χ1) is 8.33. The number of benzene rings is 2. The quantitative estimate of drug-likeness (QED) is 0.370. The predicted molar refractivity (Wildman–Crippen MR) is 69.6 cm³/mol. The van der Waals surface area contributed by atoms with Crippen molar-refractivity contribution in [3.05, 3.63) is 66.2 Å². The van der Waals surface area contributed by atoms with E-state index in [0.717, 1.165) is 11.3 Å². The van der Waals surface area contributed by atoms with Gasteiger partial charge >= 0.3 is 0 Å². The lowest BCUT2D eigenvalue weighted by molar-refractivity contribution is 0.318. The van der Waals surface area contributed by atoms with E-state index in [1.807, 2.05) is 72.6 Å². The van der Waals surface area contributed by atoms with E-state index in [2.05, 4.69) is 5.16 Å². The number of rotatable bonds is 2. The Hall–Kier alpha value is -2.29. The summed E-state index contributed by atoms with van der Waals surface area (Å²) in [4.78, 5) is 1.84. The zero-order chi connectivity index (χ0) is 12.1. The van der Waals surface area contributed by atoms with Crippen LogP contribution >= 0.6 is 0 Å². The molecule has 0 atom stereocenters. The second kappa shape index (κ2) is 5.16. The van der Waals surface area contributed by atoms with Gasteiger partial charge < -0.3 is 10.1 Å². The number of para-hydroxylation sites is 1. The lowest BCUT2D eigenvalue weighted by Gasteiger charge is -2.20. The van der Waals surface area contributed by atoms with Crippen LogP contribution in [0.2, 0.25) is 0 Å². The molecule has 0 saturated carbocycles. The maximum Gasteiger partial charge on any atom is 0.179 e. The van der Waals surface area contributed by atoms with Gasteiger partial charge in [0.1, 0.15) is 0 Å². The van der Waals surface area contributed by atoms with Gasteiger partial charge in [0.15, 0.2) is 5.84 Å². The van der Waals surface area contributed by atoms with Crippen LogP contribution < -0.4 is 4.90 Å². The van der Waals surface area contributed by atoms with E-state index in [4.69, 9.17) is 5.21 Å². The van der Waals surface area contributed by atoms with Gasteiger partial charge in [0.2, 0.25) is 0 Å². The molecule has 0 radical (unpaired) electrons. The van der Waals surface area contributed by atoms with Crippen LogP contribution in [-0.4, -0.2) is 18.1 Å². The van der Waals surface area contributed by atoms with Gasteiger partial charge in [-0.05, 0) is 12.1 Å². The zero-order valence-electron chi connectivity index (χ0n) is 9.62. The van der Waals surface area contributed by atoms with E-state index < -0.39 is 0 Å². The van der Waals surface area contributed by atoms with E-state index in [1.165, 1.54) is 0 Å². The van der Waals surface area contributed by atoms with Crippen molar-refractivity contribution in [2.24, 2.45) is 5.16 Å². The number of hydrogen-bond donors (Lipinski definition) is 1. The van der Waals surface area contributed by atoms with E-state index in [0.29, 0.717) is 5.84 Å². The van der Waals surface area contributed by atoms with Gasteiger partial charge in [0.25, 0.3) is 0 Å². The molecular weight excluding hydrogens is 212 g/mol. The van der Waals surface area contributed by atoms with Crippen molar-refractivity contribution < 1.29 is 5.21 Å². The molecule has 1 N–H and O–H groups in total. The first kappa shape index (κ1) is 11.2. The van der Waals surface area contributed by atoms with Crippen LogP contribution in [0.15, 0.2) is 65.8 Å². The molecule has 0 spiro atoms. The number of hydrogen-bond acceptors (Lipinski definition) is 2. The number of anilines is 1. The molecule has 0 aliphatic rings. The van der Waals surface area contributed by atoms with Crippen molar-refractivity contribution in [1.29, 1.82) is 0 Å². The molecule has 2 aromatic carbocycles. The molecule has 0 saturated heterocycles. The molecule has 86 valence electrons. The summed E-state index contributed by atoms with van der Waals surface area (Å²) in [5, 5.41) is 12.5. The van der Waals surface area contributed by atoms with Crippen molar-refractivity contribution >= 4 is 11.5 Å². The lowest BCUT2D eigenvalue weighted by Crippen LogP contribution is -2.27. The minimum atomic E-state index is 0.525. The van der Waals surface area contributed by atoms with E-state index in [-0.39, 0.29) is 0 Å². The molecule has 17 heavy (non-hydrogen) atoms. The summed E-state index contributed by atoms with van der Waals surface area (Å²) in [6.45, 7) is 0. The minimum absolute atomic E-state index is 0.525. The normalized spacial score (nSPS) is 11.2. The SMILES string of the molecule is CN(/C(=N/O)c1ccccc1)c1ccccc1. The molecule has 0 aromatic heterocycles. The van der Waals surface area contributed by atoms with Crippen LogP contribution in [0.25, 0.3) is 0 Å². The van der Waals surface area contributed by atoms with Gasteiger partial charge in [-0.15, -0.1) is 0 Å². The second-order valence-corrected chi connectivity index (χ2v) is 3.68. The van der Waals surface area contributed by atoms with Crippen LogP contribution in [0.5, 0.6) is 0 Å². The van der Waals surface area contributed by atoms with Crippen LogP contribution in [-0.2, 0) is 0 Å². The van der Waals surface area contributed by atoms with Crippen LogP contribution in [0.4, 0.5) is 5.69 Å². The highest BCUT2D eigenvalue weighted by atomic mass is 16.4. The van der Waals surface area contributed by atoms with Crippen molar-refractivity contribution in [3.63, 3.8) is 0 Å². The predicted octanol–water partition coefficient (Wildman–Crippen LogP) is 2.96. The first-order valence-corrected chi connectivity index (χ1v) is 5.39. The molecule has 2 rings (SSSR count). The number of oxime groups is 1. The number of nitrogens with zero attached hydrogens (tertiary/aromatic N) is 2. The van der Waals surface area contributed by atoms with Crippen LogP contribution in [0.3, 0.4) is 0 Å². The summed E-state index contributed by atoms with van der Waals surface area (Å²) >= 11 is 0. The van der Waals surface area contributed by atoms with Crippen LogP contribution in [0, 0.1) is 0 Å². The summed E-state index contributed by atoms with van der Waals surface area (Å²) in [7, 11) is 1.87. The molecule has 0 aliphatic heterocycles. The first-order valence-electron chi connectivity index (χ1n) is 5.39. The monoisotopic (exact) mass is 226 g/mol. The number of amidine groups is 1. The Morgan fingerprint density at radius 1 is 0.941 bits per heavy atom. The third-order valence-corrected chi connectivity index (χ3v) is 2.59. The lowest BCUT2D eigenvalue weighted by atomic mass is 10.2. The fraction of sp³-hybridized carbons (Fsp3) is 0.0714. The largest absolute Gasteiger partial charge is 0.409 e. The van der Waals surface area contributed by atoms with E-state index in [1.54, 1.807) is 0 Å². The summed E-state index contributed by atoms with van der Waals surface area (Å²) < 4.78 is 0. The van der Waals surface area contributed by atoms with Crippen molar-refractivity contribution in [2.75, 3.05) is 11.9 Å². The summed E-state index contributed by atoms with van der Waals surface area (Å²) in [6.07, 6.45) is 0. The fourth-order valence-electron chi connectivity index (χ4n) is 1.68. The molecule has 2 aromatic rings. The molecule has 0 unspecified atom stereocenters. The third-order valence-electron chi connectivity index (χ3n) is 2.59. The average Bonchev–Trinajstić information content (AvgIpc) is 2.42. The molecule has 0 amide bonds. The Morgan fingerprint density at radius 2 is 1.47 bits per heavy atom. The topological polar surface area (TPSA) is 35.8 Å². The van der Waals surface area contributed by atoms with Gasteiger partial charge in [-0.2, -0.15) is 0 Å². The maximum absolute atomic E-state index is 9.16. The molecule has 0 aliphatic carbocycles. The Labute approximate surface area is 101 Å². The van der Waals surface area contributed by atoms with Crippen molar-refractivity contribution in [3.8, 4) is 0 Å². The van der Waals surface area contributed by atoms with Gasteiger partial charge in [0.05, 0.1) is 0 Å². The summed E-state index contributed by atoms with van der Waals surface area (Å²) in [6, 6.07) is 19.4. The Balaban J connectivity index is 2.33. The Morgan fingerprint density at radius 3 is 2.00 bits per heavy atom. The highest BCUT2D eigenvalue weighted by Crippen LogP contribution is 2.15. The highest BCUT2D eigenvalue weighted by Gasteiger charge is 2.11. The van der Waals surface area contributed by atoms with Crippen LogP contribution in [0.1, 0.15) is 5.56 Å². The van der Waals surface area contributed by atoms with E-state index >= 15 is 0 Å². The smallest absolute Gasteiger partial charge is 0.179 e. The zero-order valence-corrected chi connectivity index (χ0v) is 9.62. The molecule has 0 fully saturated rings. The van der Waals surface area contributed by atoms with E-state index in [9.17, 15) is 0 Å². The second-order valence-electron chi connectivity index (χ2n) is 3.68. The maximum atomic E-state index is 9.16. The van der Waals surface area contributed by atoms with Gasteiger partial charge in [-0.25, -0.2) is 0 Å². The third kappa shape index (κ3) is 2.45. The highest BCUT2D eigenvalue weighted by molar-refractivity contribution is 6.09. The summed E-state index contributed by atoms with van der Waals surface area (Å²) in [5.74, 6) is 0.525. The van der Waals surface area contributed by atoms with Gasteiger partial charge in [-0.1, -0.05) is 53.7 Å². The fourth-order valence-corrected chi connectivity index (χ4v) is 1.68. The van der Waals surface area contributed by atoms with Gasteiger partial charge in [-0.3, -0.25) is 0 Å². The van der Waals surface area contributed by atoms with Crippen molar-refractivity contribution in [2.45, 2.75) is 0 Å². The molecule has 3 heteroatoms. The Bertz CT molecular complexity index is 494. The van der Waals surface area contributed by atoms with Crippen molar-refractivity contribution in [1.82, 2.24) is 0 Å². The summed E-state index contributed by atoms with van der Waals surface area (Å²) in [5.41, 5.74) is 1.85. The molecule has 0 bridgehead atoms. The standard InChI is InChI=1S/C14H14N2O/c1-16(13-10-6-3-7-11-13)14(15-17)12-8-4-2-5-9-12/h2-11,17H,1H3/b15-14+.